The monoisotopic (exact) mass is 275 g/mol. The van der Waals surface area contributed by atoms with E-state index in [4.69, 9.17) is 11.6 Å². The maximum absolute atomic E-state index is 6.25. The first-order valence-electron chi connectivity index (χ1n) is 6.06. The van der Waals surface area contributed by atoms with Gasteiger partial charge in [0, 0.05) is 15.3 Å². The van der Waals surface area contributed by atoms with Gasteiger partial charge >= 0.3 is 0 Å². The number of aromatic nitrogens is 1. The van der Waals surface area contributed by atoms with Gasteiger partial charge in [0.2, 0.25) is 0 Å². The first-order valence-corrected chi connectivity index (χ1v) is 7.25. The Balaban J connectivity index is 2.19. The first kappa shape index (κ1) is 11.8. The minimum absolute atomic E-state index is 0.811. The number of benzene rings is 1. The van der Waals surface area contributed by atoms with Crippen LogP contribution >= 0.6 is 22.9 Å². The second-order valence-electron chi connectivity index (χ2n) is 4.46. The van der Waals surface area contributed by atoms with E-state index in [9.17, 15) is 0 Å². The van der Waals surface area contributed by atoms with Crippen LogP contribution in [0.4, 0.5) is 0 Å². The maximum atomic E-state index is 6.25. The summed E-state index contributed by atoms with van der Waals surface area (Å²) in [5, 5.41) is 1.92. The van der Waals surface area contributed by atoms with Crippen LogP contribution in [0, 0.1) is 6.92 Å². The van der Waals surface area contributed by atoms with Gasteiger partial charge in [0.15, 0.2) is 0 Å². The van der Waals surface area contributed by atoms with Crippen LogP contribution < -0.4 is 0 Å². The number of fused-ring (bicyclic) bond motifs is 1. The molecule has 92 valence electrons. The smallest absolute Gasteiger partial charge is 0.0566 e. The number of nitrogens with one attached hydrogen (secondary N) is 1. The van der Waals surface area contributed by atoms with Gasteiger partial charge in [-0.05, 0) is 43.2 Å². The number of H-pyrrole nitrogens is 1. The fourth-order valence-electron chi connectivity index (χ4n) is 2.17. The standard InChI is InChI=1S/C15H14ClNS/c1-3-10-5-7-14(18-10)13-8-11-12(16)6-4-9(2)15(11)17-13/h4-8,17H,3H2,1-2H3. The third kappa shape index (κ3) is 1.86. The van der Waals surface area contributed by atoms with E-state index in [-0.39, 0.29) is 0 Å². The van der Waals surface area contributed by atoms with Gasteiger partial charge in [-0.1, -0.05) is 24.6 Å². The van der Waals surface area contributed by atoms with Crippen molar-refractivity contribution in [2.45, 2.75) is 20.3 Å². The second-order valence-corrected chi connectivity index (χ2v) is 6.03. The average Bonchev–Trinajstić information content (AvgIpc) is 2.99. The largest absolute Gasteiger partial charge is 0.354 e. The summed E-state index contributed by atoms with van der Waals surface area (Å²) in [6, 6.07) is 10.5. The Morgan fingerprint density at radius 3 is 2.72 bits per heavy atom. The zero-order valence-electron chi connectivity index (χ0n) is 10.4. The van der Waals surface area contributed by atoms with Gasteiger partial charge in [-0.15, -0.1) is 11.3 Å². The highest BCUT2D eigenvalue weighted by molar-refractivity contribution is 7.15. The van der Waals surface area contributed by atoms with Crippen molar-refractivity contribution >= 4 is 33.8 Å². The molecule has 0 amide bonds. The molecule has 2 aromatic heterocycles. The van der Waals surface area contributed by atoms with Crippen molar-refractivity contribution in [2.75, 3.05) is 0 Å². The number of aryl methyl sites for hydroxylation is 2. The Kier molecular flexibility index (Phi) is 2.92. The van der Waals surface area contributed by atoms with Crippen molar-refractivity contribution in [1.82, 2.24) is 4.98 Å². The molecule has 0 aliphatic rings. The van der Waals surface area contributed by atoms with Crippen LogP contribution in [0.2, 0.25) is 5.02 Å². The molecule has 1 nitrogen and oxygen atoms in total. The highest BCUT2D eigenvalue weighted by atomic mass is 35.5. The molecule has 0 saturated carbocycles. The fourth-order valence-corrected chi connectivity index (χ4v) is 3.30. The number of hydrogen-bond acceptors (Lipinski definition) is 1. The highest BCUT2D eigenvalue weighted by Gasteiger charge is 2.09. The second kappa shape index (κ2) is 4.45. The van der Waals surface area contributed by atoms with Gasteiger partial charge in [-0.3, -0.25) is 0 Å². The molecule has 0 radical (unpaired) electrons. The normalized spacial score (nSPS) is 11.3. The third-order valence-electron chi connectivity index (χ3n) is 3.22. The molecule has 0 aliphatic heterocycles. The van der Waals surface area contributed by atoms with Crippen molar-refractivity contribution < 1.29 is 0 Å². The number of thiophene rings is 1. The molecule has 0 aliphatic carbocycles. The molecule has 1 aromatic carbocycles. The van der Waals surface area contributed by atoms with Crippen LogP contribution in [0.25, 0.3) is 21.5 Å². The van der Waals surface area contributed by atoms with Crippen molar-refractivity contribution in [2.24, 2.45) is 0 Å². The zero-order valence-corrected chi connectivity index (χ0v) is 12.0. The van der Waals surface area contributed by atoms with E-state index in [2.05, 4.69) is 43.1 Å². The molecule has 0 bridgehead atoms. The van der Waals surface area contributed by atoms with Gasteiger partial charge in [0.1, 0.15) is 0 Å². The van der Waals surface area contributed by atoms with Crippen LogP contribution in [0.3, 0.4) is 0 Å². The SMILES string of the molecule is CCc1ccc(-c2cc3c(Cl)ccc(C)c3[nH]2)s1. The summed E-state index contributed by atoms with van der Waals surface area (Å²) < 4.78 is 0. The van der Waals surface area contributed by atoms with Crippen LogP contribution in [0.1, 0.15) is 17.4 Å². The molecule has 0 fully saturated rings. The number of rotatable bonds is 2. The zero-order chi connectivity index (χ0) is 12.7. The molecular formula is C15H14ClNS. The quantitative estimate of drug-likeness (QED) is 0.643. The number of hydrogen-bond donors (Lipinski definition) is 1. The number of halogens is 1. The van der Waals surface area contributed by atoms with Crippen molar-refractivity contribution in [3.8, 4) is 10.6 Å². The summed E-state index contributed by atoms with van der Waals surface area (Å²) in [4.78, 5) is 6.17. The van der Waals surface area contributed by atoms with Gasteiger partial charge in [-0.2, -0.15) is 0 Å². The molecule has 0 atom stereocenters. The minimum Gasteiger partial charge on any atom is -0.354 e. The van der Waals surface area contributed by atoms with Gasteiger partial charge in [-0.25, -0.2) is 0 Å². The molecule has 3 aromatic rings. The molecule has 3 rings (SSSR count). The molecule has 0 unspecified atom stereocenters. The third-order valence-corrected chi connectivity index (χ3v) is 4.82. The maximum Gasteiger partial charge on any atom is 0.0566 e. The van der Waals surface area contributed by atoms with Crippen molar-refractivity contribution in [3.05, 3.63) is 45.8 Å². The highest BCUT2D eigenvalue weighted by Crippen LogP contribution is 2.34. The van der Waals surface area contributed by atoms with E-state index >= 15 is 0 Å². The molecule has 2 heterocycles. The summed E-state index contributed by atoms with van der Waals surface area (Å²) in [6.45, 7) is 4.28. The molecule has 3 heteroatoms. The molecular weight excluding hydrogens is 262 g/mol. The summed E-state index contributed by atoms with van der Waals surface area (Å²) in [6.07, 6.45) is 1.09. The first-order chi connectivity index (χ1) is 8.69. The summed E-state index contributed by atoms with van der Waals surface area (Å²) in [7, 11) is 0. The number of aromatic amines is 1. The minimum atomic E-state index is 0.811. The Morgan fingerprint density at radius 1 is 1.22 bits per heavy atom. The molecule has 1 N–H and O–H groups in total. The molecule has 0 spiro atoms. The lowest BCUT2D eigenvalue weighted by atomic mass is 10.2. The molecule has 0 saturated heterocycles. The van der Waals surface area contributed by atoms with Gasteiger partial charge in [0.25, 0.3) is 0 Å². The predicted octanol–water partition coefficient (Wildman–Crippen LogP) is 5.42. The van der Waals surface area contributed by atoms with Crippen LogP contribution in [0.5, 0.6) is 0 Å². The molecule has 18 heavy (non-hydrogen) atoms. The van der Waals surface area contributed by atoms with Crippen LogP contribution in [-0.4, -0.2) is 4.98 Å². The van der Waals surface area contributed by atoms with Crippen molar-refractivity contribution in [1.29, 1.82) is 0 Å². The summed E-state index contributed by atoms with van der Waals surface area (Å²) in [5.74, 6) is 0. The summed E-state index contributed by atoms with van der Waals surface area (Å²) in [5.41, 5.74) is 3.53. The van der Waals surface area contributed by atoms with E-state index < -0.39 is 0 Å². The Bertz CT molecular complexity index is 669. The lowest BCUT2D eigenvalue weighted by molar-refractivity contribution is 1.19. The Hall–Kier alpha value is -1.25. The Labute approximate surface area is 115 Å². The van der Waals surface area contributed by atoms with Crippen molar-refractivity contribution in [3.63, 3.8) is 0 Å². The van der Waals surface area contributed by atoms with Crippen LogP contribution in [-0.2, 0) is 6.42 Å². The lowest BCUT2D eigenvalue weighted by Gasteiger charge is -1.96. The van der Waals surface area contributed by atoms with Gasteiger partial charge < -0.3 is 4.98 Å². The summed E-state index contributed by atoms with van der Waals surface area (Å²) >= 11 is 8.08. The van der Waals surface area contributed by atoms with Gasteiger partial charge in [0.05, 0.1) is 16.1 Å². The van der Waals surface area contributed by atoms with E-state index in [1.807, 2.05) is 17.4 Å². The lowest BCUT2D eigenvalue weighted by Crippen LogP contribution is -1.76. The van der Waals surface area contributed by atoms with E-state index in [1.54, 1.807) is 0 Å². The topological polar surface area (TPSA) is 15.8 Å². The van der Waals surface area contributed by atoms with E-state index in [0.29, 0.717) is 0 Å². The predicted molar refractivity (Wildman–Crippen MR) is 80.7 cm³/mol. The van der Waals surface area contributed by atoms with Crippen LogP contribution in [0.15, 0.2) is 30.3 Å². The average molecular weight is 276 g/mol. The fraction of sp³-hybridized carbons (Fsp3) is 0.200. The van der Waals surface area contributed by atoms with E-state index in [0.717, 1.165) is 28.0 Å². The Morgan fingerprint density at radius 2 is 2.06 bits per heavy atom. The van der Waals surface area contributed by atoms with E-state index in [1.165, 1.54) is 15.3 Å².